The molecule has 0 saturated carbocycles. The van der Waals surface area contributed by atoms with Crippen molar-refractivity contribution < 1.29 is 0 Å². The smallest absolute Gasteiger partial charge is 0.0128 e. The van der Waals surface area contributed by atoms with E-state index < -0.39 is 0 Å². The van der Waals surface area contributed by atoms with E-state index in [1.54, 1.807) is 26.4 Å². The molecule has 1 aliphatic carbocycles. The van der Waals surface area contributed by atoms with Crippen LogP contribution in [0.25, 0.3) is 0 Å². The summed E-state index contributed by atoms with van der Waals surface area (Å²) in [5, 5.41) is 4.67. The molecule has 0 atom stereocenters. The Morgan fingerprint density at radius 2 is 1.73 bits per heavy atom. The van der Waals surface area contributed by atoms with E-state index in [9.17, 15) is 0 Å². The average molecular weight is 234 g/mol. The Balaban J connectivity index is 2.09. The quantitative estimate of drug-likeness (QED) is 0.592. The maximum Gasteiger partial charge on any atom is 0.0128 e. The van der Waals surface area contributed by atoms with Crippen LogP contribution in [0.2, 0.25) is 0 Å². The fourth-order valence-corrected chi connectivity index (χ4v) is 4.58. The first kappa shape index (κ1) is 9.61. The molecule has 0 radical (unpaired) electrons. The number of hydrogen-bond acceptors (Lipinski definition) is 2. The highest BCUT2D eigenvalue weighted by Gasteiger charge is 2.21. The summed E-state index contributed by atoms with van der Waals surface area (Å²) in [6.45, 7) is 4.51. The largest absolute Gasteiger partial charge is 0.148 e. The van der Waals surface area contributed by atoms with E-state index in [1.807, 2.05) is 22.7 Å². The van der Waals surface area contributed by atoms with E-state index in [4.69, 9.17) is 0 Å². The number of thiophene rings is 2. The predicted octanol–water partition coefficient (Wildman–Crippen LogP) is 4.18. The molecule has 15 heavy (non-hydrogen) atoms. The predicted molar refractivity (Wildman–Crippen MR) is 68.4 cm³/mol. The molecule has 0 spiro atoms. The third kappa shape index (κ3) is 1.39. The van der Waals surface area contributed by atoms with Crippen molar-refractivity contribution in [2.45, 2.75) is 33.1 Å². The topological polar surface area (TPSA) is 0 Å². The molecular formula is C13H14S2. The lowest BCUT2D eigenvalue weighted by Crippen LogP contribution is -2.04. The molecule has 78 valence electrons. The molecule has 0 N–H and O–H groups in total. The van der Waals surface area contributed by atoms with Gasteiger partial charge in [0.25, 0.3) is 0 Å². The van der Waals surface area contributed by atoms with Crippen molar-refractivity contribution in [2.75, 3.05) is 0 Å². The summed E-state index contributed by atoms with van der Waals surface area (Å²) in [5.41, 5.74) is 6.31. The minimum Gasteiger partial charge on any atom is -0.148 e. The first-order valence-corrected chi connectivity index (χ1v) is 7.19. The Morgan fingerprint density at radius 1 is 1.07 bits per heavy atom. The summed E-state index contributed by atoms with van der Waals surface area (Å²) >= 11 is 3.90. The second-order valence-electron chi connectivity index (χ2n) is 4.19. The second kappa shape index (κ2) is 3.46. The summed E-state index contributed by atoms with van der Waals surface area (Å²) in [6.07, 6.45) is 3.56. The lowest BCUT2D eigenvalue weighted by Gasteiger charge is -2.14. The van der Waals surface area contributed by atoms with Gasteiger partial charge in [-0.3, -0.25) is 0 Å². The van der Waals surface area contributed by atoms with Gasteiger partial charge in [0.15, 0.2) is 0 Å². The maximum atomic E-state index is 2.36. The molecule has 0 nitrogen and oxygen atoms in total. The summed E-state index contributed by atoms with van der Waals surface area (Å²) in [7, 11) is 0. The van der Waals surface area contributed by atoms with Crippen molar-refractivity contribution in [1.29, 1.82) is 0 Å². The molecule has 0 bridgehead atoms. The summed E-state index contributed by atoms with van der Waals surface area (Å²) in [4.78, 5) is 3.22. The molecule has 2 heterocycles. The fraction of sp³-hybridized carbons (Fsp3) is 0.385. The van der Waals surface area contributed by atoms with Crippen LogP contribution in [0, 0.1) is 6.92 Å². The number of aryl methyl sites for hydroxylation is 2. The van der Waals surface area contributed by atoms with Gasteiger partial charge in [-0.25, -0.2) is 0 Å². The Kier molecular flexibility index (Phi) is 2.22. The lowest BCUT2D eigenvalue weighted by molar-refractivity contribution is 1.01. The van der Waals surface area contributed by atoms with Gasteiger partial charge in [-0.15, -0.1) is 22.7 Å². The third-order valence-electron chi connectivity index (χ3n) is 3.31. The van der Waals surface area contributed by atoms with Crippen molar-refractivity contribution in [3.05, 3.63) is 42.8 Å². The van der Waals surface area contributed by atoms with E-state index in [1.165, 1.54) is 24.8 Å². The molecule has 2 heteroatoms. The van der Waals surface area contributed by atoms with Gasteiger partial charge in [-0.1, -0.05) is 6.92 Å². The molecule has 0 aromatic carbocycles. The molecule has 0 saturated heterocycles. The second-order valence-corrected chi connectivity index (χ2v) is 6.12. The van der Waals surface area contributed by atoms with Gasteiger partial charge in [-0.2, -0.15) is 0 Å². The van der Waals surface area contributed by atoms with Gasteiger partial charge < -0.3 is 0 Å². The van der Waals surface area contributed by atoms with Crippen LogP contribution in [0.3, 0.4) is 0 Å². The zero-order valence-corrected chi connectivity index (χ0v) is 10.7. The van der Waals surface area contributed by atoms with Crippen LogP contribution in [-0.2, 0) is 19.3 Å². The highest BCUT2D eigenvalue weighted by atomic mass is 32.1. The molecule has 3 rings (SSSR count). The minimum atomic E-state index is 1.19. The molecule has 0 fully saturated rings. The van der Waals surface area contributed by atoms with E-state index in [-0.39, 0.29) is 0 Å². The normalized spacial score (nSPS) is 13.7. The Hall–Kier alpha value is -0.600. The van der Waals surface area contributed by atoms with E-state index in [0.29, 0.717) is 0 Å². The number of fused-ring (bicyclic) bond motifs is 2. The zero-order chi connectivity index (χ0) is 10.4. The Morgan fingerprint density at radius 3 is 2.53 bits per heavy atom. The van der Waals surface area contributed by atoms with Gasteiger partial charge >= 0.3 is 0 Å². The van der Waals surface area contributed by atoms with Crippen molar-refractivity contribution >= 4 is 22.7 Å². The van der Waals surface area contributed by atoms with Gasteiger partial charge in [0.1, 0.15) is 0 Å². The molecule has 0 amide bonds. The first-order chi connectivity index (χ1) is 7.29. The first-order valence-electron chi connectivity index (χ1n) is 5.43. The molecule has 2 aromatic rings. The van der Waals surface area contributed by atoms with Crippen LogP contribution >= 0.6 is 22.7 Å². The fourth-order valence-electron chi connectivity index (χ4n) is 2.35. The number of rotatable bonds is 1. The summed E-state index contributed by atoms with van der Waals surface area (Å²) < 4.78 is 0. The highest BCUT2D eigenvalue weighted by molar-refractivity contribution is 7.11. The third-order valence-corrected chi connectivity index (χ3v) is 5.54. The van der Waals surface area contributed by atoms with E-state index >= 15 is 0 Å². The van der Waals surface area contributed by atoms with Crippen molar-refractivity contribution in [3.8, 4) is 0 Å². The van der Waals surface area contributed by atoms with Gasteiger partial charge in [0, 0.05) is 22.6 Å². The van der Waals surface area contributed by atoms with Crippen molar-refractivity contribution in [1.82, 2.24) is 0 Å². The number of hydrogen-bond donors (Lipinski definition) is 0. The Labute approximate surface area is 98.6 Å². The van der Waals surface area contributed by atoms with Crippen LogP contribution in [0.1, 0.15) is 38.9 Å². The van der Waals surface area contributed by atoms with Crippen LogP contribution in [0.5, 0.6) is 0 Å². The monoisotopic (exact) mass is 234 g/mol. The maximum absolute atomic E-state index is 2.36. The minimum absolute atomic E-state index is 1.19. The van der Waals surface area contributed by atoms with Crippen molar-refractivity contribution in [3.63, 3.8) is 0 Å². The van der Waals surface area contributed by atoms with Crippen LogP contribution < -0.4 is 0 Å². The van der Waals surface area contributed by atoms with E-state index in [2.05, 4.69) is 24.6 Å². The summed E-state index contributed by atoms with van der Waals surface area (Å²) in [6, 6.07) is 0. The Bertz CT molecular complexity index is 503. The van der Waals surface area contributed by atoms with Gasteiger partial charge in [0.05, 0.1) is 0 Å². The zero-order valence-electron chi connectivity index (χ0n) is 9.09. The van der Waals surface area contributed by atoms with Crippen LogP contribution in [-0.4, -0.2) is 0 Å². The van der Waals surface area contributed by atoms with Crippen LogP contribution in [0.4, 0.5) is 0 Å². The average Bonchev–Trinajstić information content (AvgIpc) is 2.80. The van der Waals surface area contributed by atoms with Crippen molar-refractivity contribution in [2.24, 2.45) is 0 Å². The van der Waals surface area contributed by atoms with E-state index in [0.717, 1.165) is 0 Å². The highest BCUT2D eigenvalue weighted by Crippen LogP contribution is 2.37. The molecule has 0 unspecified atom stereocenters. The van der Waals surface area contributed by atoms with Gasteiger partial charge in [0.2, 0.25) is 0 Å². The molecule has 2 aromatic heterocycles. The van der Waals surface area contributed by atoms with Gasteiger partial charge in [-0.05, 0) is 46.4 Å². The van der Waals surface area contributed by atoms with Crippen LogP contribution in [0.15, 0.2) is 10.8 Å². The summed E-state index contributed by atoms with van der Waals surface area (Å²) in [5.74, 6) is 0. The molecule has 0 aliphatic heterocycles. The molecular weight excluding hydrogens is 220 g/mol. The molecule has 1 aliphatic rings. The SMILES string of the molecule is CCc1csc2c1Cc1scc(C)c1C2. The standard InChI is InChI=1S/C13H14S2/c1-3-9-7-15-13-4-10-8(2)6-14-12(10)5-11(9)13/h6-7H,3-5H2,1-2H3. The lowest BCUT2D eigenvalue weighted by atomic mass is 9.93.